The van der Waals surface area contributed by atoms with Crippen molar-refractivity contribution in [2.45, 2.75) is 44.9 Å². The first-order valence-corrected chi connectivity index (χ1v) is 8.46. The Kier molecular flexibility index (Phi) is 5.42. The molecule has 2 rings (SSSR count). The highest BCUT2D eigenvalue weighted by atomic mass is 79.9. The molecule has 0 aliphatic heterocycles. The highest BCUT2D eigenvalue weighted by Gasteiger charge is 2.17. The molecule has 0 aliphatic rings. The van der Waals surface area contributed by atoms with E-state index in [1.165, 1.54) is 27.8 Å². The van der Waals surface area contributed by atoms with Crippen molar-refractivity contribution >= 4 is 15.9 Å². The summed E-state index contributed by atoms with van der Waals surface area (Å²) in [6.07, 6.45) is 3.29. The van der Waals surface area contributed by atoms with Crippen LogP contribution >= 0.6 is 15.9 Å². The first-order valence-electron chi connectivity index (χ1n) is 7.54. The number of halogens is 1. The fourth-order valence-electron chi connectivity index (χ4n) is 2.75. The Morgan fingerprint density at radius 1 is 0.850 bits per heavy atom. The molecule has 2 aromatic carbocycles. The molecule has 0 N–H and O–H groups in total. The maximum absolute atomic E-state index is 3.92. The zero-order valence-corrected chi connectivity index (χ0v) is 14.2. The van der Waals surface area contributed by atoms with Gasteiger partial charge < -0.3 is 0 Å². The molecule has 0 bridgehead atoms. The molecule has 1 atom stereocenters. The summed E-state index contributed by atoms with van der Waals surface area (Å²) in [6.45, 7) is 6.74. The zero-order valence-electron chi connectivity index (χ0n) is 12.6. The lowest BCUT2D eigenvalue weighted by atomic mass is 9.89. The highest BCUT2D eigenvalue weighted by molar-refractivity contribution is 9.09. The Labute approximate surface area is 131 Å². The summed E-state index contributed by atoms with van der Waals surface area (Å²) in [4.78, 5) is 0.291. The van der Waals surface area contributed by atoms with Crippen LogP contribution in [0.15, 0.2) is 42.5 Å². The van der Waals surface area contributed by atoms with Crippen molar-refractivity contribution in [3.05, 3.63) is 70.3 Å². The van der Waals surface area contributed by atoms with Gasteiger partial charge >= 0.3 is 0 Å². The van der Waals surface area contributed by atoms with Gasteiger partial charge in [0.25, 0.3) is 0 Å². The van der Waals surface area contributed by atoms with Crippen LogP contribution in [0.3, 0.4) is 0 Å². The third-order valence-electron chi connectivity index (χ3n) is 3.93. The van der Waals surface area contributed by atoms with Crippen LogP contribution in [0, 0.1) is 0 Å². The second-order valence-electron chi connectivity index (χ2n) is 5.16. The standard InChI is InChI=1S/C19H23Br/c1-4-14-12-15(5-2)18(16(6-3)13-14)19(20)17-10-8-7-9-11-17/h7-13,19H,4-6H2,1-3H3. The van der Waals surface area contributed by atoms with E-state index in [1.54, 1.807) is 0 Å². The maximum Gasteiger partial charge on any atom is 0.0649 e. The van der Waals surface area contributed by atoms with Crippen LogP contribution in [0.25, 0.3) is 0 Å². The quantitative estimate of drug-likeness (QED) is 0.602. The average molecular weight is 331 g/mol. The lowest BCUT2D eigenvalue weighted by molar-refractivity contribution is 0.975. The molecule has 0 saturated heterocycles. The third-order valence-corrected chi connectivity index (χ3v) is 4.91. The van der Waals surface area contributed by atoms with Crippen molar-refractivity contribution in [3.63, 3.8) is 0 Å². The number of rotatable bonds is 5. The van der Waals surface area contributed by atoms with Gasteiger partial charge in [0, 0.05) is 0 Å². The number of hydrogen-bond donors (Lipinski definition) is 0. The lowest BCUT2D eigenvalue weighted by Crippen LogP contribution is -2.04. The van der Waals surface area contributed by atoms with Gasteiger partial charge in [-0.3, -0.25) is 0 Å². The van der Waals surface area contributed by atoms with Crippen LogP contribution in [0.5, 0.6) is 0 Å². The largest absolute Gasteiger partial charge is 0.0786 e. The Bertz CT molecular complexity index is 532. The number of aryl methyl sites for hydroxylation is 3. The minimum Gasteiger partial charge on any atom is -0.0786 e. The van der Waals surface area contributed by atoms with Crippen molar-refractivity contribution in [1.29, 1.82) is 0 Å². The Morgan fingerprint density at radius 2 is 1.40 bits per heavy atom. The summed E-state index contributed by atoms with van der Waals surface area (Å²) >= 11 is 3.92. The Morgan fingerprint density at radius 3 is 1.85 bits per heavy atom. The monoisotopic (exact) mass is 330 g/mol. The predicted molar refractivity (Wildman–Crippen MR) is 91.8 cm³/mol. The van der Waals surface area contributed by atoms with Crippen LogP contribution < -0.4 is 0 Å². The van der Waals surface area contributed by atoms with E-state index < -0.39 is 0 Å². The second-order valence-corrected chi connectivity index (χ2v) is 6.08. The number of benzene rings is 2. The summed E-state index contributed by atoms with van der Waals surface area (Å²) < 4.78 is 0. The van der Waals surface area contributed by atoms with E-state index in [0.717, 1.165) is 19.3 Å². The molecule has 2 aromatic rings. The molecule has 0 aromatic heterocycles. The molecule has 20 heavy (non-hydrogen) atoms. The molecule has 0 nitrogen and oxygen atoms in total. The van der Waals surface area contributed by atoms with Crippen LogP contribution in [-0.2, 0) is 19.3 Å². The van der Waals surface area contributed by atoms with E-state index in [0.29, 0.717) is 4.83 Å². The summed E-state index contributed by atoms with van der Waals surface area (Å²) in [5, 5.41) is 0. The summed E-state index contributed by atoms with van der Waals surface area (Å²) in [6, 6.07) is 15.5. The maximum atomic E-state index is 3.92. The molecule has 0 fully saturated rings. The van der Waals surface area contributed by atoms with Crippen LogP contribution in [0.1, 0.15) is 53.4 Å². The highest BCUT2D eigenvalue weighted by Crippen LogP contribution is 2.36. The molecule has 0 spiro atoms. The van der Waals surface area contributed by atoms with Gasteiger partial charge in [-0.05, 0) is 47.1 Å². The molecule has 106 valence electrons. The molecular formula is C19H23Br. The minimum absolute atomic E-state index is 0.291. The van der Waals surface area contributed by atoms with E-state index in [4.69, 9.17) is 0 Å². The Hall–Kier alpha value is -1.08. The van der Waals surface area contributed by atoms with E-state index in [1.807, 2.05) is 0 Å². The van der Waals surface area contributed by atoms with Crippen molar-refractivity contribution in [2.75, 3.05) is 0 Å². The number of hydrogen-bond acceptors (Lipinski definition) is 0. The van der Waals surface area contributed by atoms with E-state index in [9.17, 15) is 0 Å². The fraction of sp³-hybridized carbons (Fsp3) is 0.368. The predicted octanol–water partition coefficient (Wildman–Crippen LogP) is 5.86. The minimum atomic E-state index is 0.291. The molecular weight excluding hydrogens is 308 g/mol. The van der Waals surface area contributed by atoms with Gasteiger partial charge in [-0.15, -0.1) is 0 Å². The zero-order chi connectivity index (χ0) is 14.5. The fourth-order valence-corrected chi connectivity index (χ4v) is 3.65. The summed E-state index contributed by atoms with van der Waals surface area (Å²) in [5.74, 6) is 0. The van der Waals surface area contributed by atoms with Gasteiger partial charge in [0.2, 0.25) is 0 Å². The Balaban J connectivity index is 2.54. The first-order chi connectivity index (χ1) is 9.71. The van der Waals surface area contributed by atoms with Crippen LogP contribution in [0.2, 0.25) is 0 Å². The van der Waals surface area contributed by atoms with Gasteiger partial charge in [-0.2, -0.15) is 0 Å². The number of alkyl halides is 1. The molecule has 0 amide bonds. The van der Waals surface area contributed by atoms with Gasteiger partial charge in [-0.1, -0.05) is 79.2 Å². The van der Waals surface area contributed by atoms with E-state index in [-0.39, 0.29) is 0 Å². The van der Waals surface area contributed by atoms with Crippen molar-refractivity contribution in [1.82, 2.24) is 0 Å². The van der Waals surface area contributed by atoms with Crippen LogP contribution in [-0.4, -0.2) is 0 Å². The first kappa shape index (κ1) is 15.3. The molecule has 1 heteroatoms. The molecule has 0 saturated carbocycles. The SMILES string of the molecule is CCc1cc(CC)c(C(Br)c2ccccc2)c(CC)c1. The summed E-state index contributed by atoms with van der Waals surface area (Å²) in [5.41, 5.74) is 7.22. The smallest absolute Gasteiger partial charge is 0.0649 e. The van der Waals surface area contributed by atoms with Crippen molar-refractivity contribution in [3.8, 4) is 0 Å². The molecule has 0 heterocycles. The van der Waals surface area contributed by atoms with Crippen molar-refractivity contribution in [2.24, 2.45) is 0 Å². The van der Waals surface area contributed by atoms with Gasteiger partial charge in [0.15, 0.2) is 0 Å². The third kappa shape index (κ3) is 3.15. The molecule has 0 radical (unpaired) electrons. The van der Waals surface area contributed by atoms with Crippen molar-refractivity contribution < 1.29 is 0 Å². The van der Waals surface area contributed by atoms with Gasteiger partial charge in [-0.25, -0.2) is 0 Å². The van der Waals surface area contributed by atoms with Gasteiger partial charge in [0.05, 0.1) is 4.83 Å². The average Bonchev–Trinajstić information content (AvgIpc) is 2.53. The van der Waals surface area contributed by atoms with Gasteiger partial charge in [0.1, 0.15) is 0 Å². The van der Waals surface area contributed by atoms with Crippen LogP contribution in [0.4, 0.5) is 0 Å². The topological polar surface area (TPSA) is 0 Å². The second kappa shape index (κ2) is 7.08. The van der Waals surface area contributed by atoms with E-state index >= 15 is 0 Å². The molecule has 0 aliphatic carbocycles. The normalized spacial score (nSPS) is 12.4. The summed E-state index contributed by atoms with van der Waals surface area (Å²) in [7, 11) is 0. The molecule has 1 unspecified atom stereocenters. The van der Waals surface area contributed by atoms with E-state index in [2.05, 4.69) is 79.2 Å². The lowest BCUT2D eigenvalue weighted by Gasteiger charge is -2.20.